The molecule has 158 valence electrons. The number of carbonyl (C=O) groups is 2. The molecule has 0 aliphatic carbocycles. The van der Waals surface area contributed by atoms with Crippen LogP contribution in [0.5, 0.6) is 0 Å². The zero-order valence-electron chi connectivity index (χ0n) is 17.1. The molecular weight excluding hydrogens is 501 g/mol. The zero-order chi connectivity index (χ0) is 20.5. The van der Waals surface area contributed by atoms with E-state index >= 15 is 0 Å². The zero-order valence-corrected chi connectivity index (χ0v) is 20.3. The van der Waals surface area contributed by atoms with Crippen molar-refractivity contribution < 1.29 is 9.59 Å². The van der Waals surface area contributed by atoms with Crippen LogP contribution in [0.3, 0.4) is 0 Å². The first-order valence-electron chi connectivity index (χ1n) is 8.92. The number of likely N-dealkylation sites (N-methyl/N-ethyl adjacent to an activating group) is 1. The minimum absolute atomic E-state index is 0. The highest BCUT2D eigenvalue weighted by molar-refractivity contribution is 14.0. The molecule has 7 nitrogen and oxygen atoms in total. The summed E-state index contributed by atoms with van der Waals surface area (Å²) in [7, 11) is 6.90. The molecule has 2 amide bonds. The topological polar surface area (TPSA) is 77.0 Å². The van der Waals surface area contributed by atoms with Gasteiger partial charge in [-0.25, -0.2) is 4.99 Å². The van der Waals surface area contributed by atoms with Crippen LogP contribution in [0.15, 0.2) is 46.8 Å². The van der Waals surface area contributed by atoms with E-state index in [9.17, 15) is 9.59 Å². The first-order valence-corrected chi connectivity index (χ1v) is 9.80. The molecular formula is C20H28IN5O2S. The van der Waals surface area contributed by atoms with Gasteiger partial charge in [-0.05, 0) is 29.1 Å². The molecule has 0 unspecified atom stereocenters. The Bertz CT molecular complexity index is 805. The summed E-state index contributed by atoms with van der Waals surface area (Å²) < 4.78 is 0. The maximum atomic E-state index is 12.0. The first-order chi connectivity index (χ1) is 13.4. The van der Waals surface area contributed by atoms with Crippen LogP contribution in [0.25, 0.3) is 0 Å². The van der Waals surface area contributed by atoms with E-state index in [1.165, 1.54) is 9.78 Å². The highest BCUT2D eigenvalue weighted by Crippen LogP contribution is 2.09. The molecule has 0 saturated carbocycles. The van der Waals surface area contributed by atoms with Crippen molar-refractivity contribution >= 4 is 53.1 Å². The average Bonchev–Trinajstić information content (AvgIpc) is 3.20. The standard InChI is InChI=1S/C20H27N5O2S.HI/c1-24(2)18(26)14-23-20(22-13-17-6-5-11-28-17)21-12-15-7-9-16(10-8-15)19(27)25(3)4;/h5-11H,12-14H2,1-4H3,(H2,21,22,23);1H. The van der Waals surface area contributed by atoms with Crippen molar-refractivity contribution in [2.24, 2.45) is 4.99 Å². The van der Waals surface area contributed by atoms with Crippen LogP contribution in [0.2, 0.25) is 0 Å². The quantitative estimate of drug-likeness (QED) is 0.328. The van der Waals surface area contributed by atoms with Gasteiger partial charge in [0.2, 0.25) is 5.91 Å². The molecule has 1 aromatic carbocycles. The van der Waals surface area contributed by atoms with Gasteiger partial charge in [-0.1, -0.05) is 18.2 Å². The molecule has 0 bridgehead atoms. The minimum Gasteiger partial charge on any atom is -0.351 e. The number of nitrogens with zero attached hydrogens (tertiary/aromatic N) is 3. The number of nitrogens with one attached hydrogen (secondary N) is 2. The molecule has 2 N–H and O–H groups in total. The molecule has 29 heavy (non-hydrogen) atoms. The Morgan fingerprint density at radius 3 is 2.24 bits per heavy atom. The van der Waals surface area contributed by atoms with Crippen molar-refractivity contribution in [1.29, 1.82) is 0 Å². The number of guanidine groups is 1. The molecule has 1 aromatic heterocycles. The van der Waals surface area contributed by atoms with Crippen LogP contribution in [0.1, 0.15) is 20.8 Å². The van der Waals surface area contributed by atoms with Crippen LogP contribution in [0, 0.1) is 0 Å². The largest absolute Gasteiger partial charge is 0.351 e. The Hall–Kier alpha value is -2.14. The van der Waals surface area contributed by atoms with Gasteiger partial charge < -0.3 is 20.4 Å². The van der Waals surface area contributed by atoms with Gasteiger partial charge in [-0.3, -0.25) is 9.59 Å². The van der Waals surface area contributed by atoms with Crippen molar-refractivity contribution in [3.63, 3.8) is 0 Å². The van der Waals surface area contributed by atoms with Crippen molar-refractivity contribution in [2.45, 2.75) is 13.1 Å². The fourth-order valence-electron chi connectivity index (χ4n) is 2.26. The number of amides is 2. The Labute approximate surface area is 193 Å². The van der Waals surface area contributed by atoms with E-state index in [0.717, 1.165) is 5.56 Å². The van der Waals surface area contributed by atoms with Gasteiger partial charge in [0.25, 0.3) is 5.91 Å². The smallest absolute Gasteiger partial charge is 0.253 e. The molecule has 2 rings (SSSR count). The molecule has 9 heteroatoms. The molecule has 0 radical (unpaired) electrons. The van der Waals surface area contributed by atoms with Crippen molar-refractivity contribution in [1.82, 2.24) is 20.4 Å². The van der Waals surface area contributed by atoms with Gasteiger partial charge in [0, 0.05) is 38.6 Å². The van der Waals surface area contributed by atoms with Crippen molar-refractivity contribution in [3.05, 3.63) is 57.8 Å². The van der Waals surface area contributed by atoms with Gasteiger partial charge >= 0.3 is 0 Å². The lowest BCUT2D eigenvalue weighted by Crippen LogP contribution is -2.42. The number of hydrogen-bond donors (Lipinski definition) is 2. The summed E-state index contributed by atoms with van der Waals surface area (Å²) in [5.74, 6) is 0.506. The monoisotopic (exact) mass is 529 g/mol. The lowest BCUT2D eigenvalue weighted by molar-refractivity contribution is -0.127. The van der Waals surface area contributed by atoms with Gasteiger partial charge in [-0.15, -0.1) is 35.3 Å². The molecule has 0 aliphatic heterocycles. The van der Waals surface area contributed by atoms with Crippen LogP contribution < -0.4 is 10.6 Å². The molecule has 0 saturated heterocycles. The fraction of sp³-hybridized carbons (Fsp3) is 0.350. The summed E-state index contributed by atoms with van der Waals surface area (Å²) in [5.41, 5.74) is 1.62. The van der Waals surface area contributed by atoms with Crippen LogP contribution in [0.4, 0.5) is 0 Å². The Morgan fingerprint density at radius 1 is 1.00 bits per heavy atom. The molecule has 0 atom stereocenters. The highest BCUT2D eigenvalue weighted by Gasteiger charge is 2.08. The fourth-order valence-corrected chi connectivity index (χ4v) is 2.90. The number of thiophene rings is 1. The van der Waals surface area contributed by atoms with Crippen LogP contribution in [-0.2, 0) is 17.9 Å². The SMILES string of the molecule is CN(C)C(=O)CNC(=NCc1ccc(C(=O)N(C)C)cc1)NCc1cccs1.I. The number of halogens is 1. The predicted molar refractivity (Wildman–Crippen MR) is 129 cm³/mol. The minimum atomic E-state index is -0.0304. The summed E-state index contributed by atoms with van der Waals surface area (Å²) in [6, 6.07) is 11.4. The highest BCUT2D eigenvalue weighted by atomic mass is 127. The van der Waals surface area contributed by atoms with Gasteiger partial charge in [0.1, 0.15) is 0 Å². The third-order valence-electron chi connectivity index (χ3n) is 3.94. The van der Waals surface area contributed by atoms with Crippen LogP contribution >= 0.6 is 35.3 Å². The summed E-state index contributed by atoms with van der Waals surface area (Å²) in [5, 5.41) is 8.34. The van der Waals surface area contributed by atoms with E-state index in [4.69, 9.17) is 0 Å². The molecule has 0 spiro atoms. The van der Waals surface area contributed by atoms with E-state index in [-0.39, 0.29) is 42.3 Å². The Morgan fingerprint density at radius 2 is 1.69 bits per heavy atom. The Balaban J connectivity index is 0.00000420. The molecule has 1 heterocycles. The predicted octanol–water partition coefficient (Wildman–Crippen LogP) is 2.39. The second-order valence-corrected chi connectivity index (χ2v) is 7.67. The maximum Gasteiger partial charge on any atom is 0.253 e. The third kappa shape index (κ3) is 8.40. The number of aliphatic imine (C=N–C) groups is 1. The number of carbonyl (C=O) groups excluding carboxylic acids is 2. The summed E-state index contributed by atoms with van der Waals surface area (Å²) in [6.45, 7) is 1.24. The number of rotatable bonds is 7. The van der Waals surface area contributed by atoms with Gasteiger partial charge in [0.05, 0.1) is 19.6 Å². The molecule has 0 aliphatic rings. The normalized spacial score (nSPS) is 10.7. The lowest BCUT2D eigenvalue weighted by Gasteiger charge is -2.15. The van der Waals surface area contributed by atoms with E-state index in [1.54, 1.807) is 56.6 Å². The number of hydrogen-bond acceptors (Lipinski definition) is 4. The number of benzene rings is 1. The van der Waals surface area contributed by atoms with Gasteiger partial charge in [0.15, 0.2) is 5.96 Å². The summed E-state index contributed by atoms with van der Waals surface area (Å²) in [6.07, 6.45) is 0. The summed E-state index contributed by atoms with van der Waals surface area (Å²) in [4.78, 5) is 32.7. The van der Waals surface area contributed by atoms with Gasteiger partial charge in [-0.2, -0.15) is 0 Å². The second kappa shape index (κ2) is 12.4. The van der Waals surface area contributed by atoms with E-state index in [0.29, 0.717) is 24.6 Å². The lowest BCUT2D eigenvalue weighted by atomic mass is 10.1. The average molecular weight is 529 g/mol. The second-order valence-electron chi connectivity index (χ2n) is 6.64. The molecule has 0 fully saturated rings. The third-order valence-corrected chi connectivity index (χ3v) is 4.82. The Kier molecular flexibility index (Phi) is 10.7. The van der Waals surface area contributed by atoms with Crippen LogP contribution in [-0.4, -0.2) is 62.3 Å². The summed E-state index contributed by atoms with van der Waals surface area (Å²) >= 11 is 1.66. The van der Waals surface area contributed by atoms with Crippen molar-refractivity contribution in [3.8, 4) is 0 Å². The van der Waals surface area contributed by atoms with Crippen molar-refractivity contribution in [2.75, 3.05) is 34.7 Å². The molecule has 2 aromatic rings. The first kappa shape index (κ1) is 24.9. The van der Waals surface area contributed by atoms with E-state index in [1.807, 2.05) is 29.6 Å². The van der Waals surface area contributed by atoms with E-state index < -0.39 is 0 Å². The maximum absolute atomic E-state index is 12.0. The van der Waals surface area contributed by atoms with E-state index in [2.05, 4.69) is 15.6 Å².